The maximum Gasteiger partial charge on any atom is 0.416 e. The Morgan fingerprint density at radius 1 is 0.852 bits per heavy atom. The maximum atomic E-state index is 12.9. The molecule has 0 fully saturated rings. The van der Waals surface area contributed by atoms with Gasteiger partial charge in [0.25, 0.3) is 0 Å². The fraction of sp³-hybridized carbons (Fsp3) is 0.0952. The molecule has 136 valence electrons. The molecule has 0 atom stereocenters. The van der Waals surface area contributed by atoms with Crippen molar-refractivity contribution in [1.82, 2.24) is 4.98 Å². The van der Waals surface area contributed by atoms with Gasteiger partial charge in [-0.1, -0.05) is 24.3 Å². The maximum absolute atomic E-state index is 12.9. The Balaban J connectivity index is 1.75. The lowest BCUT2D eigenvalue weighted by atomic mass is 10.1. The van der Waals surface area contributed by atoms with Gasteiger partial charge in [0.15, 0.2) is 5.58 Å². The monoisotopic (exact) mass is 369 g/mol. The minimum Gasteiger partial charge on any atom is -0.497 e. The van der Waals surface area contributed by atoms with Gasteiger partial charge in [0.2, 0.25) is 5.89 Å². The van der Waals surface area contributed by atoms with Crippen LogP contribution in [0.3, 0.4) is 0 Å². The number of aromatic nitrogens is 1. The van der Waals surface area contributed by atoms with E-state index >= 15 is 0 Å². The van der Waals surface area contributed by atoms with E-state index in [4.69, 9.17) is 9.15 Å². The first kappa shape index (κ1) is 17.1. The molecule has 0 radical (unpaired) electrons. The fourth-order valence-electron chi connectivity index (χ4n) is 2.86. The van der Waals surface area contributed by atoms with Crippen LogP contribution in [0.2, 0.25) is 0 Å². The molecule has 0 aliphatic carbocycles. The fourth-order valence-corrected chi connectivity index (χ4v) is 2.86. The largest absolute Gasteiger partial charge is 0.497 e. The first-order chi connectivity index (χ1) is 12.9. The molecule has 0 saturated heterocycles. The first-order valence-corrected chi connectivity index (χ1v) is 8.17. The van der Waals surface area contributed by atoms with Crippen molar-refractivity contribution in [3.8, 4) is 28.3 Å². The molecule has 4 rings (SSSR count). The van der Waals surface area contributed by atoms with Gasteiger partial charge in [-0.05, 0) is 53.6 Å². The van der Waals surface area contributed by atoms with Crippen molar-refractivity contribution in [3.63, 3.8) is 0 Å². The van der Waals surface area contributed by atoms with Crippen LogP contribution in [0.5, 0.6) is 5.75 Å². The summed E-state index contributed by atoms with van der Waals surface area (Å²) in [4.78, 5) is 4.32. The third kappa shape index (κ3) is 3.38. The van der Waals surface area contributed by atoms with Crippen molar-refractivity contribution in [2.75, 3.05) is 7.11 Å². The van der Waals surface area contributed by atoms with Gasteiger partial charge >= 0.3 is 6.18 Å². The van der Waals surface area contributed by atoms with E-state index in [-0.39, 0.29) is 11.5 Å². The molecule has 4 aromatic rings. The molecule has 0 N–H and O–H groups in total. The Hall–Kier alpha value is -3.28. The number of hydrogen-bond acceptors (Lipinski definition) is 3. The molecule has 0 bridgehead atoms. The highest BCUT2D eigenvalue weighted by molar-refractivity contribution is 5.82. The van der Waals surface area contributed by atoms with E-state index < -0.39 is 11.7 Å². The zero-order valence-corrected chi connectivity index (χ0v) is 14.2. The zero-order valence-electron chi connectivity index (χ0n) is 14.2. The minimum absolute atomic E-state index is 0.152. The number of hydrogen-bond donors (Lipinski definition) is 0. The summed E-state index contributed by atoms with van der Waals surface area (Å²) in [5, 5.41) is 0. The molecule has 0 spiro atoms. The SMILES string of the molecule is COc1cccc(-c2ccc3nc(-c4cccc(C(F)(F)F)c4)oc3c2)c1. The van der Waals surface area contributed by atoms with Gasteiger partial charge in [-0.3, -0.25) is 0 Å². The first-order valence-electron chi connectivity index (χ1n) is 8.17. The highest BCUT2D eigenvalue weighted by Gasteiger charge is 2.30. The number of methoxy groups -OCH3 is 1. The number of benzene rings is 3. The predicted octanol–water partition coefficient (Wildman–Crippen LogP) is 6.19. The van der Waals surface area contributed by atoms with Gasteiger partial charge in [-0.2, -0.15) is 13.2 Å². The average Bonchev–Trinajstić information content (AvgIpc) is 3.11. The van der Waals surface area contributed by atoms with Crippen LogP contribution in [0.25, 0.3) is 33.7 Å². The zero-order chi connectivity index (χ0) is 19.0. The molecule has 3 nitrogen and oxygen atoms in total. The standard InChI is InChI=1S/C21H14F3NO2/c1-26-17-7-3-4-13(11-17)14-8-9-18-19(12-14)27-20(25-18)15-5-2-6-16(10-15)21(22,23)24/h2-12H,1H3. The van der Waals surface area contributed by atoms with Crippen molar-refractivity contribution in [3.05, 3.63) is 72.3 Å². The van der Waals surface area contributed by atoms with E-state index in [9.17, 15) is 13.2 Å². The number of halogens is 3. The quantitative estimate of drug-likeness (QED) is 0.432. The van der Waals surface area contributed by atoms with E-state index in [1.165, 1.54) is 6.07 Å². The Morgan fingerprint density at radius 2 is 1.59 bits per heavy atom. The number of fused-ring (bicyclic) bond motifs is 1. The lowest BCUT2D eigenvalue weighted by Gasteiger charge is -2.06. The van der Waals surface area contributed by atoms with E-state index in [2.05, 4.69) is 4.98 Å². The molecule has 0 aliphatic rings. The van der Waals surface area contributed by atoms with E-state index in [0.717, 1.165) is 29.0 Å². The molecule has 0 aliphatic heterocycles. The van der Waals surface area contributed by atoms with Crippen LogP contribution in [0, 0.1) is 0 Å². The van der Waals surface area contributed by atoms with E-state index in [1.54, 1.807) is 19.2 Å². The molecule has 6 heteroatoms. The number of oxazole rings is 1. The number of nitrogens with zero attached hydrogens (tertiary/aromatic N) is 1. The van der Waals surface area contributed by atoms with Gasteiger partial charge in [0.1, 0.15) is 11.3 Å². The van der Waals surface area contributed by atoms with Crippen LogP contribution in [0.1, 0.15) is 5.56 Å². The summed E-state index contributed by atoms with van der Waals surface area (Å²) in [5.41, 5.74) is 2.46. The minimum atomic E-state index is -4.42. The van der Waals surface area contributed by atoms with Crippen molar-refractivity contribution in [2.45, 2.75) is 6.18 Å². The second kappa shape index (κ2) is 6.46. The summed E-state index contributed by atoms with van der Waals surface area (Å²) in [6, 6.07) is 18.0. The number of alkyl halides is 3. The van der Waals surface area contributed by atoms with Gasteiger partial charge in [0, 0.05) is 5.56 Å². The molecule has 1 aromatic heterocycles. The van der Waals surface area contributed by atoms with Gasteiger partial charge in [-0.15, -0.1) is 0 Å². The third-order valence-corrected chi connectivity index (χ3v) is 4.23. The molecular formula is C21H14F3NO2. The number of ether oxygens (including phenoxy) is 1. The molecule has 0 amide bonds. The summed E-state index contributed by atoms with van der Waals surface area (Å²) >= 11 is 0. The summed E-state index contributed by atoms with van der Waals surface area (Å²) in [6.45, 7) is 0. The van der Waals surface area contributed by atoms with E-state index in [0.29, 0.717) is 11.1 Å². The van der Waals surface area contributed by atoms with Crippen LogP contribution < -0.4 is 4.74 Å². The van der Waals surface area contributed by atoms with Crippen LogP contribution in [-0.2, 0) is 6.18 Å². The second-order valence-electron chi connectivity index (χ2n) is 6.01. The van der Waals surface area contributed by atoms with Crippen molar-refractivity contribution in [2.24, 2.45) is 0 Å². The summed E-state index contributed by atoms with van der Waals surface area (Å²) in [5.74, 6) is 0.883. The Bertz CT molecular complexity index is 1120. The van der Waals surface area contributed by atoms with Crippen LogP contribution in [0.15, 0.2) is 71.1 Å². The Labute approximate surface area is 153 Å². The highest BCUT2D eigenvalue weighted by Crippen LogP contribution is 2.34. The molecular weight excluding hydrogens is 355 g/mol. The van der Waals surface area contributed by atoms with Crippen molar-refractivity contribution in [1.29, 1.82) is 0 Å². The topological polar surface area (TPSA) is 35.3 Å². The summed E-state index contributed by atoms with van der Waals surface area (Å²) in [7, 11) is 1.60. The van der Waals surface area contributed by atoms with Gasteiger partial charge in [0.05, 0.1) is 12.7 Å². The van der Waals surface area contributed by atoms with E-state index in [1.807, 2.05) is 36.4 Å². The van der Waals surface area contributed by atoms with Gasteiger partial charge < -0.3 is 9.15 Å². The van der Waals surface area contributed by atoms with Crippen LogP contribution in [0.4, 0.5) is 13.2 Å². The normalized spacial score (nSPS) is 11.7. The smallest absolute Gasteiger partial charge is 0.416 e. The van der Waals surface area contributed by atoms with Crippen LogP contribution >= 0.6 is 0 Å². The van der Waals surface area contributed by atoms with Crippen LogP contribution in [-0.4, -0.2) is 12.1 Å². The predicted molar refractivity (Wildman–Crippen MR) is 96.4 cm³/mol. The van der Waals surface area contributed by atoms with Crippen molar-refractivity contribution < 1.29 is 22.3 Å². The summed E-state index contributed by atoms with van der Waals surface area (Å²) < 4.78 is 49.8. The molecule has 3 aromatic carbocycles. The number of rotatable bonds is 3. The molecule has 0 saturated carbocycles. The van der Waals surface area contributed by atoms with Gasteiger partial charge in [-0.25, -0.2) is 4.98 Å². The lowest BCUT2D eigenvalue weighted by molar-refractivity contribution is -0.137. The molecule has 27 heavy (non-hydrogen) atoms. The third-order valence-electron chi connectivity index (χ3n) is 4.23. The lowest BCUT2D eigenvalue weighted by Crippen LogP contribution is -2.04. The highest BCUT2D eigenvalue weighted by atomic mass is 19.4. The second-order valence-corrected chi connectivity index (χ2v) is 6.01. The summed E-state index contributed by atoms with van der Waals surface area (Å²) in [6.07, 6.45) is -4.42. The average molecular weight is 369 g/mol. The van der Waals surface area contributed by atoms with Crippen molar-refractivity contribution >= 4 is 11.1 Å². The Morgan fingerprint density at radius 3 is 2.37 bits per heavy atom. The Kier molecular flexibility index (Phi) is 4.11. The molecule has 0 unspecified atom stereocenters. The molecule has 1 heterocycles.